The molecule has 2 aromatic rings. The second-order valence-corrected chi connectivity index (χ2v) is 9.21. The number of carbonyl (C=O) groups is 2. The Morgan fingerprint density at radius 3 is 2.24 bits per heavy atom. The number of nitrogens with one attached hydrogen (secondary N) is 1. The van der Waals surface area contributed by atoms with Crippen molar-refractivity contribution in [2.45, 2.75) is 44.1 Å². The van der Waals surface area contributed by atoms with E-state index in [1.807, 2.05) is 31.2 Å². The number of amides is 1. The molecule has 1 amide bonds. The molecule has 2 heterocycles. The van der Waals surface area contributed by atoms with Gasteiger partial charge in [-0.15, -0.1) is 0 Å². The van der Waals surface area contributed by atoms with E-state index in [0.29, 0.717) is 38.6 Å². The van der Waals surface area contributed by atoms with Crippen molar-refractivity contribution >= 4 is 11.9 Å². The number of carboxylic acid groups (broad SMARTS) is 1. The van der Waals surface area contributed by atoms with E-state index < -0.39 is 11.4 Å². The highest BCUT2D eigenvalue weighted by Crippen LogP contribution is 2.37. The van der Waals surface area contributed by atoms with Crippen LogP contribution in [0.4, 0.5) is 0 Å². The summed E-state index contributed by atoms with van der Waals surface area (Å²) in [5, 5.41) is 12.3. The summed E-state index contributed by atoms with van der Waals surface area (Å²) >= 11 is 0. The number of carbonyl (C=O) groups excluding carboxylic acids is 1. The third kappa shape index (κ3) is 5.59. The lowest BCUT2D eigenvalue weighted by molar-refractivity contribution is -0.131. The third-order valence-corrected chi connectivity index (χ3v) is 7.02. The molecule has 1 unspecified atom stereocenters. The van der Waals surface area contributed by atoms with E-state index >= 15 is 0 Å². The molecule has 7 heteroatoms. The van der Waals surface area contributed by atoms with E-state index in [1.54, 1.807) is 24.3 Å². The SMILES string of the molecule is CC(NC(=O)C1(c2ccc(OCC3CCOCC3)cc2)CCOCC1)c1ccc(C(=O)O)cc1. The molecule has 2 saturated heterocycles. The van der Waals surface area contributed by atoms with Crippen molar-refractivity contribution in [1.82, 2.24) is 5.32 Å². The van der Waals surface area contributed by atoms with Crippen molar-refractivity contribution in [2.75, 3.05) is 33.0 Å². The van der Waals surface area contributed by atoms with Gasteiger partial charge in [-0.1, -0.05) is 24.3 Å². The molecule has 182 valence electrons. The maximum Gasteiger partial charge on any atom is 0.335 e. The lowest BCUT2D eigenvalue weighted by atomic mass is 9.73. The maximum atomic E-state index is 13.6. The van der Waals surface area contributed by atoms with Gasteiger partial charge in [-0.25, -0.2) is 4.79 Å². The van der Waals surface area contributed by atoms with Crippen molar-refractivity contribution in [2.24, 2.45) is 5.92 Å². The monoisotopic (exact) mass is 467 g/mol. The van der Waals surface area contributed by atoms with Crippen LogP contribution in [0.25, 0.3) is 0 Å². The van der Waals surface area contributed by atoms with Gasteiger partial charge in [0.15, 0.2) is 0 Å². The average molecular weight is 468 g/mol. The van der Waals surface area contributed by atoms with E-state index in [0.717, 1.165) is 42.9 Å². The summed E-state index contributed by atoms with van der Waals surface area (Å²) in [6.45, 7) is 5.24. The first-order valence-electron chi connectivity index (χ1n) is 12.0. The molecule has 2 fully saturated rings. The Labute approximate surface area is 200 Å². The zero-order chi connectivity index (χ0) is 24.0. The van der Waals surface area contributed by atoms with E-state index in [-0.39, 0.29) is 17.5 Å². The van der Waals surface area contributed by atoms with E-state index in [9.17, 15) is 9.59 Å². The summed E-state index contributed by atoms with van der Waals surface area (Å²) in [5.41, 5.74) is 1.37. The molecule has 0 aliphatic carbocycles. The standard InChI is InChI=1S/C27H33NO6/c1-19(21-2-4-22(5-3-21)25(29)30)28-26(31)27(12-16-33-17-13-27)23-6-8-24(9-7-23)34-18-20-10-14-32-15-11-20/h2-9,19-20H,10-18H2,1H3,(H,28,31)(H,29,30). The van der Waals surface area contributed by atoms with Crippen molar-refractivity contribution in [3.63, 3.8) is 0 Å². The smallest absolute Gasteiger partial charge is 0.335 e. The van der Waals surface area contributed by atoms with Gasteiger partial charge in [-0.3, -0.25) is 4.79 Å². The summed E-state index contributed by atoms with van der Waals surface area (Å²) in [6.07, 6.45) is 3.26. The summed E-state index contributed by atoms with van der Waals surface area (Å²) < 4.78 is 17.0. The van der Waals surface area contributed by atoms with E-state index in [4.69, 9.17) is 19.3 Å². The number of benzene rings is 2. The predicted molar refractivity (Wildman–Crippen MR) is 127 cm³/mol. The molecule has 4 rings (SSSR count). The van der Waals surface area contributed by atoms with Crippen molar-refractivity contribution in [1.29, 1.82) is 0 Å². The molecular formula is C27H33NO6. The van der Waals surface area contributed by atoms with Crippen LogP contribution in [0.15, 0.2) is 48.5 Å². The topological polar surface area (TPSA) is 94.1 Å². The molecule has 0 saturated carbocycles. The van der Waals surface area contributed by atoms with E-state index in [1.165, 1.54) is 0 Å². The number of hydrogen-bond donors (Lipinski definition) is 2. The molecule has 0 radical (unpaired) electrons. The van der Waals surface area contributed by atoms with Gasteiger partial charge < -0.3 is 24.6 Å². The number of aromatic carboxylic acids is 1. The second-order valence-electron chi connectivity index (χ2n) is 9.21. The maximum absolute atomic E-state index is 13.6. The summed E-state index contributed by atoms with van der Waals surface area (Å²) in [7, 11) is 0. The highest BCUT2D eigenvalue weighted by Gasteiger charge is 2.42. The van der Waals surface area contributed by atoms with Crippen LogP contribution < -0.4 is 10.1 Å². The van der Waals surface area contributed by atoms with Crippen LogP contribution in [0.2, 0.25) is 0 Å². The number of carboxylic acids is 1. The first-order chi connectivity index (χ1) is 16.5. The zero-order valence-electron chi connectivity index (χ0n) is 19.6. The highest BCUT2D eigenvalue weighted by molar-refractivity contribution is 5.89. The lowest BCUT2D eigenvalue weighted by Crippen LogP contribution is -2.48. The number of hydrogen-bond acceptors (Lipinski definition) is 5. The van der Waals surface area contributed by atoms with Gasteiger partial charge in [0, 0.05) is 26.4 Å². The van der Waals surface area contributed by atoms with Crippen molar-refractivity contribution in [3.05, 3.63) is 65.2 Å². The first-order valence-corrected chi connectivity index (χ1v) is 12.0. The predicted octanol–water partition coefficient (Wildman–Crippen LogP) is 4.12. The van der Waals surface area contributed by atoms with Gasteiger partial charge in [0.1, 0.15) is 5.75 Å². The molecule has 2 aromatic carbocycles. The lowest BCUT2D eigenvalue weighted by Gasteiger charge is -2.37. The van der Waals surface area contributed by atoms with Crippen LogP contribution >= 0.6 is 0 Å². The van der Waals surface area contributed by atoms with Crippen LogP contribution in [-0.2, 0) is 19.7 Å². The Morgan fingerprint density at radius 2 is 1.62 bits per heavy atom. The minimum absolute atomic E-state index is 0.0403. The van der Waals surface area contributed by atoms with Gasteiger partial charge in [-0.05, 0) is 73.9 Å². The first kappa shape index (κ1) is 24.2. The molecule has 1 atom stereocenters. The van der Waals surface area contributed by atoms with Crippen LogP contribution in [0.1, 0.15) is 60.1 Å². The van der Waals surface area contributed by atoms with Crippen LogP contribution in [0.3, 0.4) is 0 Å². The largest absolute Gasteiger partial charge is 0.493 e. The van der Waals surface area contributed by atoms with Gasteiger partial charge >= 0.3 is 5.97 Å². The van der Waals surface area contributed by atoms with Crippen LogP contribution in [-0.4, -0.2) is 50.0 Å². The average Bonchev–Trinajstić information content (AvgIpc) is 2.88. The molecule has 0 aromatic heterocycles. The molecule has 0 bridgehead atoms. The molecular weight excluding hydrogens is 434 g/mol. The summed E-state index contributed by atoms with van der Waals surface area (Å²) in [5.74, 6) is 0.322. The van der Waals surface area contributed by atoms with Crippen LogP contribution in [0, 0.1) is 5.92 Å². The Morgan fingerprint density at radius 1 is 1.00 bits per heavy atom. The second kappa shape index (κ2) is 11.0. The fourth-order valence-electron chi connectivity index (χ4n) is 4.70. The van der Waals surface area contributed by atoms with Gasteiger partial charge in [0.25, 0.3) is 0 Å². The minimum Gasteiger partial charge on any atom is -0.493 e. The molecule has 34 heavy (non-hydrogen) atoms. The molecule has 2 aliphatic heterocycles. The van der Waals surface area contributed by atoms with Crippen molar-refractivity contribution in [3.8, 4) is 5.75 Å². The molecule has 2 aliphatic rings. The Kier molecular flexibility index (Phi) is 7.85. The van der Waals surface area contributed by atoms with Gasteiger partial charge in [0.2, 0.25) is 5.91 Å². The van der Waals surface area contributed by atoms with Gasteiger partial charge in [0.05, 0.1) is 23.6 Å². The van der Waals surface area contributed by atoms with Crippen molar-refractivity contribution < 1.29 is 28.9 Å². The number of ether oxygens (including phenoxy) is 3. The van der Waals surface area contributed by atoms with Gasteiger partial charge in [-0.2, -0.15) is 0 Å². The Balaban J connectivity index is 1.45. The fourth-order valence-corrected chi connectivity index (χ4v) is 4.70. The minimum atomic E-state index is -0.968. The van der Waals surface area contributed by atoms with E-state index in [2.05, 4.69) is 5.32 Å². The molecule has 7 nitrogen and oxygen atoms in total. The molecule has 0 spiro atoms. The fraction of sp³-hybridized carbons (Fsp3) is 0.481. The Hall–Kier alpha value is -2.90. The zero-order valence-corrected chi connectivity index (χ0v) is 19.6. The third-order valence-electron chi connectivity index (χ3n) is 7.02. The normalized spacial score (nSPS) is 19.2. The number of rotatable bonds is 8. The quantitative estimate of drug-likeness (QED) is 0.607. The highest BCUT2D eigenvalue weighted by atomic mass is 16.5. The van der Waals surface area contributed by atoms with Crippen LogP contribution in [0.5, 0.6) is 5.75 Å². The summed E-state index contributed by atoms with van der Waals surface area (Å²) in [4.78, 5) is 24.7. The Bertz CT molecular complexity index is 960. The summed E-state index contributed by atoms with van der Waals surface area (Å²) in [6, 6.07) is 14.3. The molecule has 2 N–H and O–H groups in total.